The van der Waals surface area contributed by atoms with E-state index in [9.17, 15) is 9.18 Å². The van der Waals surface area contributed by atoms with Gasteiger partial charge in [0, 0.05) is 17.5 Å². The van der Waals surface area contributed by atoms with Crippen molar-refractivity contribution in [2.24, 2.45) is 0 Å². The van der Waals surface area contributed by atoms with E-state index in [1.807, 2.05) is 12.3 Å². The van der Waals surface area contributed by atoms with Crippen molar-refractivity contribution in [3.63, 3.8) is 0 Å². The number of aromatic nitrogens is 1. The van der Waals surface area contributed by atoms with Gasteiger partial charge in [-0.05, 0) is 18.6 Å². The molecule has 2 nitrogen and oxygen atoms in total. The number of hydrogen-bond donors (Lipinski definition) is 0. The molecule has 1 aromatic heterocycles. The lowest BCUT2D eigenvalue weighted by Gasteiger charge is -2.03. The van der Waals surface area contributed by atoms with Gasteiger partial charge >= 0.3 is 0 Å². The van der Waals surface area contributed by atoms with E-state index < -0.39 is 5.82 Å². The molecule has 0 radical (unpaired) electrons. The molecular weight excluding hydrogens is 273 g/mol. The predicted molar refractivity (Wildman–Crippen MR) is 70.7 cm³/mol. The standard InChI is InChI=1S/C13H11ClFNOS/c1-8-7-18-12(16-8)6-10(17)5-9-3-2-4-11(15)13(9)14/h2-4,7H,5-6H2,1H3. The van der Waals surface area contributed by atoms with Crippen molar-refractivity contribution >= 4 is 28.7 Å². The van der Waals surface area contributed by atoms with Crippen LogP contribution in [0, 0.1) is 12.7 Å². The largest absolute Gasteiger partial charge is 0.299 e. The summed E-state index contributed by atoms with van der Waals surface area (Å²) in [6, 6.07) is 4.49. The molecule has 0 atom stereocenters. The first-order valence-electron chi connectivity index (χ1n) is 5.42. The third-order valence-electron chi connectivity index (χ3n) is 2.43. The maximum atomic E-state index is 13.2. The van der Waals surface area contributed by atoms with Crippen LogP contribution in [-0.2, 0) is 17.6 Å². The molecule has 5 heteroatoms. The summed E-state index contributed by atoms with van der Waals surface area (Å²) in [7, 11) is 0. The Bertz CT molecular complexity index is 582. The second-order valence-electron chi connectivity index (χ2n) is 3.99. The summed E-state index contributed by atoms with van der Waals surface area (Å²) >= 11 is 7.26. The molecule has 0 aliphatic heterocycles. The van der Waals surface area contributed by atoms with E-state index in [1.165, 1.54) is 17.4 Å². The molecule has 0 saturated carbocycles. The average molecular weight is 284 g/mol. The molecule has 0 fully saturated rings. The highest BCUT2D eigenvalue weighted by Crippen LogP contribution is 2.21. The van der Waals surface area contributed by atoms with Crippen LogP contribution in [0.15, 0.2) is 23.6 Å². The fraction of sp³-hybridized carbons (Fsp3) is 0.231. The van der Waals surface area contributed by atoms with E-state index in [1.54, 1.807) is 12.1 Å². The summed E-state index contributed by atoms with van der Waals surface area (Å²) in [5.74, 6) is -0.510. The molecule has 0 amide bonds. The van der Waals surface area contributed by atoms with Gasteiger partial charge in [-0.2, -0.15) is 0 Å². The number of ketones is 1. The normalized spacial score (nSPS) is 10.6. The highest BCUT2D eigenvalue weighted by Gasteiger charge is 2.12. The van der Waals surface area contributed by atoms with Gasteiger partial charge in [0.05, 0.1) is 11.4 Å². The topological polar surface area (TPSA) is 30.0 Å². The minimum Gasteiger partial charge on any atom is -0.299 e. The van der Waals surface area contributed by atoms with Crippen molar-refractivity contribution < 1.29 is 9.18 Å². The quantitative estimate of drug-likeness (QED) is 0.858. The fourth-order valence-electron chi connectivity index (χ4n) is 1.61. The Morgan fingerprint density at radius 3 is 2.89 bits per heavy atom. The van der Waals surface area contributed by atoms with Crippen LogP contribution in [-0.4, -0.2) is 10.8 Å². The molecule has 0 saturated heterocycles. The number of Topliss-reactive ketones (excluding diaryl/α,β-unsaturated/α-hetero) is 1. The third kappa shape index (κ3) is 3.15. The van der Waals surface area contributed by atoms with Crippen LogP contribution in [0.4, 0.5) is 4.39 Å². The number of thiazole rings is 1. The molecule has 0 N–H and O–H groups in total. The number of benzene rings is 1. The molecule has 18 heavy (non-hydrogen) atoms. The van der Waals surface area contributed by atoms with Gasteiger partial charge < -0.3 is 0 Å². The third-order valence-corrected chi connectivity index (χ3v) is 3.82. The van der Waals surface area contributed by atoms with Crippen LogP contribution in [0.2, 0.25) is 5.02 Å². The first-order valence-corrected chi connectivity index (χ1v) is 6.67. The van der Waals surface area contributed by atoms with Crippen molar-refractivity contribution in [1.29, 1.82) is 0 Å². The van der Waals surface area contributed by atoms with Crippen molar-refractivity contribution in [3.8, 4) is 0 Å². The van der Waals surface area contributed by atoms with Gasteiger partial charge in [0.2, 0.25) is 0 Å². The first kappa shape index (κ1) is 13.2. The zero-order valence-corrected chi connectivity index (χ0v) is 11.3. The summed E-state index contributed by atoms with van der Waals surface area (Å²) in [6.07, 6.45) is 0.403. The average Bonchev–Trinajstić information content (AvgIpc) is 2.70. The second-order valence-corrected chi connectivity index (χ2v) is 5.31. The summed E-state index contributed by atoms with van der Waals surface area (Å²) in [6.45, 7) is 1.88. The van der Waals surface area contributed by atoms with Crippen LogP contribution < -0.4 is 0 Å². The van der Waals surface area contributed by atoms with E-state index in [0.29, 0.717) is 5.56 Å². The van der Waals surface area contributed by atoms with Crippen LogP contribution >= 0.6 is 22.9 Å². The summed E-state index contributed by atoms with van der Waals surface area (Å²) in [5.41, 5.74) is 1.43. The van der Waals surface area contributed by atoms with E-state index in [-0.39, 0.29) is 23.6 Å². The van der Waals surface area contributed by atoms with E-state index in [2.05, 4.69) is 4.98 Å². The molecule has 0 aliphatic carbocycles. The van der Waals surface area contributed by atoms with E-state index in [0.717, 1.165) is 10.7 Å². The monoisotopic (exact) mass is 283 g/mol. The van der Waals surface area contributed by atoms with Crippen molar-refractivity contribution in [2.75, 3.05) is 0 Å². The van der Waals surface area contributed by atoms with Crippen LogP contribution in [0.3, 0.4) is 0 Å². The highest BCUT2D eigenvalue weighted by atomic mass is 35.5. The molecule has 0 aliphatic rings. The second kappa shape index (κ2) is 5.59. The molecule has 1 aromatic carbocycles. The van der Waals surface area contributed by atoms with E-state index in [4.69, 9.17) is 11.6 Å². The molecule has 94 valence electrons. The summed E-state index contributed by atoms with van der Waals surface area (Å²) in [5, 5.41) is 2.71. The molecular formula is C13H11ClFNOS. The number of rotatable bonds is 4. The fourth-order valence-corrected chi connectivity index (χ4v) is 2.61. The summed E-state index contributed by atoms with van der Waals surface area (Å²) < 4.78 is 13.2. The Morgan fingerprint density at radius 2 is 2.22 bits per heavy atom. The number of aryl methyl sites for hydroxylation is 1. The van der Waals surface area contributed by atoms with Gasteiger partial charge in [0.1, 0.15) is 16.6 Å². The number of carbonyl (C=O) groups excluding carboxylic acids is 1. The Hall–Kier alpha value is -1.26. The van der Waals surface area contributed by atoms with Crippen molar-refractivity contribution in [1.82, 2.24) is 4.98 Å². The Labute approximate surface area is 113 Å². The van der Waals surface area contributed by atoms with Crippen LogP contribution in [0.25, 0.3) is 0 Å². The van der Waals surface area contributed by atoms with Gasteiger partial charge in [-0.15, -0.1) is 11.3 Å². The van der Waals surface area contributed by atoms with Gasteiger partial charge in [-0.1, -0.05) is 23.7 Å². The number of carbonyl (C=O) groups is 1. The molecule has 2 rings (SSSR count). The predicted octanol–water partition coefficient (Wildman–Crippen LogP) is 3.60. The molecule has 2 aromatic rings. The number of halogens is 2. The molecule has 0 spiro atoms. The van der Waals surface area contributed by atoms with Gasteiger partial charge in [-0.25, -0.2) is 9.37 Å². The van der Waals surface area contributed by atoms with Crippen LogP contribution in [0.5, 0.6) is 0 Å². The number of hydrogen-bond acceptors (Lipinski definition) is 3. The Balaban J connectivity index is 2.05. The van der Waals surface area contributed by atoms with Gasteiger partial charge in [0.25, 0.3) is 0 Å². The molecule has 1 heterocycles. The van der Waals surface area contributed by atoms with Crippen LogP contribution in [0.1, 0.15) is 16.3 Å². The van der Waals surface area contributed by atoms with Crippen molar-refractivity contribution in [3.05, 3.63) is 50.7 Å². The number of nitrogens with zero attached hydrogens (tertiary/aromatic N) is 1. The Kier molecular flexibility index (Phi) is 4.09. The minimum absolute atomic E-state index is 0.0168. The lowest BCUT2D eigenvalue weighted by molar-refractivity contribution is -0.117. The first-order chi connectivity index (χ1) is 8.56. The Morgan fingerprint density at radius 1 is 1.44 bits per heavy atom. The van der Waals surface area contributed by atoms with E-state index >= 15 is 0 Å². The molecule has 0 unspecified atom stereocenters. The van der Waals surface area contributed by atoms with Gasteiger partial charge in [0.15, 0.2) is 0 Å². The zero-order valence-electron chi connectivity index (χ0n) is 9.74. The zero-order chi connectivity index (χ0) is 13.1. The smallest absolute Gasteiger partial charge is 0.144 e. The summed E-state index contributed by atoms with van der Waals surface area (Å²) in [4.78, 5) is 16.1. The lowest BCUT2D eigenvalue weighted by Crippen LogP contribution is -2.07. The molecule has 0 bridgehead atoms. The highest BCUT2D eigenvalue weighted by molar-refractivity contribution is 7.09. The minimum atomic E-state index is -0.493. The maximum absolute atomic E-state index is 13.2. The SMILES string of the molecule is Cc1csc(CC(=O)Cc2cccc(F)c2Cl)n1. The maximum Gasteiger partial charge on any atom is 0.144 e. The lowest BCUT2D eigenvalue weighted by atomic mass is 10.1. The van der Waals surface area contributed by atoms with Crippen molar-refractivity contribution in [2.45, 2.75) is 19.8 Å². The van der Waals surface area contributed by atoms with Gasteiger partial charge in [-0.3, -0.25) is 4.79 Å².